The molecule has 2 aliphatic heterocycles. The molecule has 3 aromatic rings. The molecule has 0 radical (unpaired) electrons. The Balaban J connectivity index is 1.60. The molecule has 3 atom stereocenters. The second kappa shape index (κ2) is 7.16. The van der Waals surface area contributed by atoms with E-state index in [1.54, 1.807) is 53.6 Å². The Kier molecular flexibility index (Phi) is 4.46. The lowest BCUT2D eigenvalue weighted by Gasteiger charge is -2.29. The van der Waals surface area contributed by atoms with Crippen molar-refractivity contribution in [2.24, 2.45) is 5.92 Å². The third kappa shape index (κ3) is 2.84. The first-order valence-corrected chi connectivity index (χ1v) is 9.86. The number of imide groups is 1. The number of carbonyl (C=O) groups excluding carboxylic acids is 2. The lowest BCUT2D eigenvalue weighted by atomic mass is 9.90. The van der Waals surface area contributed by atoms with E-state index in [-0.39, 0.29) is 11.7 Å². The molecule has 2 heterocycles. The fourth-order valence-corrected chi connectivity index (χ4v) is 4.24. The van der Waals surface area contributed by atoms with Crippen LogP contribution in [0.25, 0.3) is 0 Å². The summed E-state index contributed by atoms with van der Waals surface area (Å²) < 4.78 is 0. The van der Waals surface area contributed by atoms with Crippen LogP contribution >= 0.6 is 11.6 Å². The number of hydroxylamine groups is 1. The molecular weight excluding hydrogens is 404 g/mol. The first-order chi connectivity index (χ1) is 14.6. The van der Waals surface area contributed by atoms with Crippen LogP contribution in [0.2, 0.25) is 5.02 Å². The molecule has 0 saturated carbocycles. The Hall–Kier alpha value is -3.35. The lowest BCUT2D eigenvalue weighted by molar-refractivity contribution is -0.126. The smallest absolute Gasteiger partial charge is 0.266 e. The Bertz CT molecular complexity index is 1120. The van der Waals surface area contributed by atoms with Crippen molar-refractivity contribution >= 4 is 34.8 Å². The van der Waals surface area contributed by atoms with Crippen LogP contribution in [0.15, 0.2) is 78.9 Å². The van der Waals surface area contributed by atoms with Crippen LogP contribution in [-0.2, 0) is 14.4 Å². The number of hydrogen-bond donors (Lipinski definition) is 1. The fourth-order valence-electron chi connectivity index (χ4n) is 4.11. The molecule has 0 unspecified atom stereocenters. The van der Waals surface area contributed by atoms with Crippen LogP contribution in [0.5, 0.6) is 5.75 Å². The summed E-state index contributed by atoms with van der Waals surface area (Å²) in [5.74, 6) is -1.58. The summed E-state index contributed by atoms with van der Waals surface area (Å²) in [4.78, 5) is 33.8. The number of amides is 2. The summed E-state index contributed by atoms with van der Waals surface area (Å²) in [7, 11) is 0. The van der Waals surface area contributed by atoms with Crippen molar-refractivity contribution in [2.45, 2.75) is 12.1 Å². The van der Waals surface area contributed by atoms with Gasteiger partial charge >= 0.3 is 0 Å². The van der Waals surface area contributed by atoms with E-state index >= 15 is 0 Å². The van der Waals surface area contributed by atoms with E-state index < -0.39 is 24.0 Å². The number of nitrogens with zero attached hydrogens (tertiary/aromatic N) is 2. The molecule has 2 saturated heterocycles. The van der Waals surface area contributed by atoms with Gasteiger partial charge < -0.3 is 5.11 Å². The van der Waals surface area contributed by atoms with Crippen molar-refractivity contribution < 1.29 is 19.5 Å². The van der Waals surface area contributed by atoms with E-state index in [2.05, 4.69) is 0 Å². The molecule has 2 aliphatic rings. The molecule has 1 N–H and O–H groups in total. The number of halogens is 1. The minimum absolute atomic E-state index is 0.0397. The van der Waals surface area contributed by atoms with Gasteiger partial charge in [0.25, 0.3) is 5.91 Å². The van der Waals surface area contributed by atoms with Gasteiger partial charge in [-0.1, -0.05) is 48.0 Å². The highest BCUT2D eigenvalue weighted by atomic mass is 35.5. The molecule has 0 bridgehead atoms. The number of fused-ring (bicyclic) bond motifs is 1. The summed E-state index contributed by atoms with van der Waals surface area (Å²) >= 11 is 5.95. The van der Waals surface area contributed by atoms with Gasteiger partial charge in [-0.2, -0.15) is 0 Å². The molecule has 150 valence electrons. The first-order valence-electron chi connectivity index (χ1n) is 9.48. The average Bonchev–Trinajstić information content (AvgIpc) is 3.26. The normalized spacial score (nSPS) is 23.2. The number of phenols is 1. The van der Waals surface area contributed by atoms with E-state index in [1.807, 2.05) is 30.3 Å². The second-order valence-electron chi connectivity index (χ2n) is 7.21. The Morgan fingerprint density at radius 1 is 0.800 bits per heavy atom. The van der Waals surface area contributed by atoms with Crippen molar-refractivity contribution in [1.82, 2.24) is 0 Å². The number of carbonyl (C=O) groups is 2. The second-order valence-corrected chi connectivity index (χ2v) is 7.64. The zero-order valence-electron chi connectivity index (χ0n) is 15.7. The number of aromatic hydroxyl groups is 1. The summed E-state index contributed by atoms with van der Waals surface area (Å²) in [6.45, 7) is 0. The van der Waals surface area contributed by atoms with Gasteiger partial charge in [0, 0.05) is 10.6 Å². The highest BCUT2D eigenvalue weighted by Crippen LogP contribution is 2.49. The minimum atomic E-state index is -0.988. The molecule has 3 aromatic carbocycles. The van der Waals surface area contributed by atoms with Crippen LogP contribution in [0, 0.1) is 5.92 Å². The van der Waals surface area contributed by atoms with Gasteiger partial charge in [0.15, 0.2) is 6.10 Å². The highest BCUT2D eigenvalue weighted by molar-refractivity contribution is 6.31. The number of rotatable bonds is 3. The van der Waals surface area contributed by atoms with Crippen molar-refractivity contribution in [3.8, 4) is 5.75 Å². The van der Waals surface area contributed by atoms with E-state index in [4.69, 9.17) is 16.4 Å². The molecule has 5 rings (SSSR count). The molecule has 6 nitrogen and oxygen atoms in total. The van der Waals surface area contributed by atoms with Crippen LogP contribution in [0.4, 0.5) is 11.4 Å². The average molecular weight is 421 g/mol. The summed E-state index contributed by atoms with van der Waals surface area (Å²) in [6, 6.07) is 21.9. The maximum Gasteiger partial charge on any atom is 0.266 e. The predicted molar refractivity (Wildman–Crippen MR) is 112 cm³/mol. The topological polar surface area (TPSA) is 70.1 Å². The molecule has 7 heteroatoms. The third-order valence-corrected chi connectivity index (χ3v) is 5.72. The zero-order chi connectivity index (χ0) is 20.8. The van der Waals surface area contributed by atoms with Gasteiger partial charge in [0.1, 0.15) is 11.7 Å². The summed E-state index contributed by atoms with van der Waals surface area (Å²) in [5, 5.41) is 12.6. The number of hydrogen-bond acceptors (Lipinski definition) is 5. The summed E-state index contributed by atoms with van der Waals surface area (Å²) in [6.07, 6.45) is -0.988. The Labute approximate surface area is 177 Å². The molecule has 30 heavy (non-hydrogen) atoms. The lowest BCUT2D eigenvalue weighted by Crippen LogP contribution is -2.37. The fraction of sp³-hybridized carbons (Fsp3) is 0.130. The van der Waals surface area contributed by atoms with Crippen LogP contribution in [0.1, 0.15) is 11.6 Å². The van der Waals surface area contributed by atoms with Gasteiger partial charge in [0.2, 0.25) is 5.91 Å². The highest BCUT2D eigenvalue weighted by Gasteiger charge is 2.60. The first kappa shape index (κ1) is 18.7. The number of anilines is 2. The monoisotopic (exact) mass is 420 g/mol. The molecule has 2 amide bonds. The Morgan fingerprint density at radius 2 is 1.47 bits per heavy atom. The van der Waals surface area contributed by atoms with Crippen LogP contribution in [-0.4, -0.2) is 23.0 Å². The molecule has 2 fully saturated rings. The van der Waals surface area contributed by atoms with Gasteiger partial charge in [0.05, 0.1) is 17.4 Å². The van der Waals surface area contributed by atoms with E-state index in [0.29, 0.717) is 22.0 Å². The zero-order valence-corrected chi connectivity index (χ0v) is 16.4. The van der Waals surface area contributed by atoms with E-state index in [1.165, 1.54) is 0 Å². The van der Waals surface area contributed by atoms with Gasteiger partial charge in [-0.05, 0) is 42.5 Å². The predicted octanol–water partition coefficient (Wildman–Crippen LogP) is 4.10. The van der Waals surface area contributed by atoms with Crippen LogP contribution in [0.3, 0.4) is 0 Å². The third-order valence-electron chi connectivity index (χ3n) is 5.47. The minimum Gasteiger partial charge on any atom is -0.508 e. The van der Waals surface area contributed by atoms with Gasteiger partial charge in [-0.25, -0.2) is 9.96 Å². The van der Waals surface area contributed by atoms with Crippen LogP contribution < -0.4 is 9.96 Å². The number of phenolic OH excluding ortho intramolecular Hbond substituents is 1. The van der Waals surface area contributed by atoms with E-state index in [0.717, 1.165) is 4.90 Å². The molecule has 0 aromatic heterocycles. The summed E-state index contributed by atoms with van der Waals surface area (Å²) in [5.41, 5.74) is 1.65. The maximum atomic E-state index is 13.4. The van der Waals surface area contributed by atoms with Crippen molar-refractivity contribution in [2.75, 3.05) is 9.96 Å². The molecular formula is C23H17ClN2O4. The molecule has 0 aliphatic carbocycles. The molecule has 0 spiro atoms. The largest absolute Gasteiger partial charge is 0.508 e. The number of benzene rings is 3. The standard InChI is InChI=1S/C23H17ClN2O4/c24-14-10-12-15(13-11-14)25-22(28)19-20(17-8-4-5-9-18(17)27)26(30-21(19)23(25)29)16-6-2-1-3-7-16/h1-13,19-21,27H/t19-,20-,21+/m0/s1. The van der Waals surface area contributed by atoms with Crippen molar-refractivity contribution in [3.05, 3.63) is 89.4 Å². The number of para-hydroxylation sites is 2. The van der Waals surface area contributed by atoms with Gasteiger partial charge in [-0.3, -0.25) is 14.4 Å². The van der Waals surface area contributed by atoms with E-state index in [9.17, 15) is 14.7 Å². The SMILES string of the molecule is O=C1[C@@H]2[C@@H](ON(c3ccccc3)[C@H]2c2ccccc2O)C(=O)N1c1ccc(Cl)cc1. The quantitative estimate of drug-likeness (QED) is 0.646. The van der Waals surface area contributed by atoms with Crippen molar-refractivity contribution in [1.29, 1.82) is 0 Å². The maximum absolute atomic E-state index is 13.4. The van der Waals surface area contributed by atoms with Crippen molar-refractivity contribution in [3.63, 3.8) is 0 Å². The van der Waals surface area contributed by atoms with Gasteiger partial charge in [-0.15, -0.1) is 0 Å². The Morgan fingerprint density at radius 3 is 2.17 bits per heavy atom.